The maximum atomic E-state index is 3.93. The zero-order valence-electron chi connectivity index (χ0n) is 6.25. The van der Waals surface area contributed by atoms with Crippen molar-refractivity contribution in [3.05, 3.63) is 30.1 Å². The SMILES string of the molecule is CC([NH3+])Cc1ccncc1. The van der Waals surface area contributed by atoms with Gasteiger partial charge in [0.1, 0.15) is 0 Å². The Labute approximate surface area is 61.1 Å². The van der Waals surface area contributed by atoms with Gasteiger partial charge in [0.15, 0.2) is 0 Å². The Balaban J connectivity index is 2.59. The third-order valence-electron chi connectivity index (χ3n) is 1.33. The standard InChI is InChI=1S/C8H12N2/c1-7(9)6-8-2-4-10-5-3-8/h2-5,7H,6,9H2,1H3/p+1. The molecule has 0 aliphatic heterocycles. The van der Waals surface area contributed by atoms with Gasteiger partial charge in [-0.1, -0.05) is 0 Å². The first kappa shape index (κ1) is 7.22. The van der Waals surface area contributed by atoms with E-state index in [2.05, 4.69) is 17.6 Å². The third-order valence-corrected chi connectivity index (χ3v) is 1.33. The summed E-state index contributed by atoms with van der Waals surface area (Å²) in [6.07, 6.45) is 4.68. The van der Waals surface area contributed by atoms with Gasteiger partial charge in [-0.05, 0) is 24.6 Å². The summed E-state index contributed by atoms with van der Waals surface area (Å²) in [5.74, 6) is 0. The van der Waals surface area contributed by atoms with Crippen molar-refractivity contribution >= 4 is 0 Å². The molecule has 10 heavy (non-hydrogen) atoms. The summed E-state index contributed by atoms with van der Waals surface area (Å²) in [4.78, 5) is 3.93. The van der Waals surface area contributed by atoms with Crippen LogP contribution in [0.5, 0.6) is 0 Å². The number of nitrogens with zero attached hydrogens (tertiary/aromatic N) is 1. The van der Waals surface area contributed by atoms with E-state index in [1.54, 1.807) is 0 Å². The number of quaternary nitrogens is 1. The normalized spacial score (nSPS) is 13.0. The van der Waals surface area contributed by atoms with Crippen LogP contribution in [0.25, 0.3) is 0 Å². The second kappa shape index (κ2) is 3.32. The lowest BCUT2D eigenvalue weighted by Crippen LogP contribution is -2.60. The number of hydrogen-bond acceptors (Lipinski definition) is 1. The van der Waals surface area contributed by atoms with Crippen molar-refractivity contribution < 1.29 is 5.73 Å². The molecule has 0 fully saturated rings. The maximum absolute atomic E-state index is 3.93. The van der Waals surface area contributed by atoms with Crippen molar-refractivity contribution in [3.8, 4) is 0 Å². The van der Waals surface area contributed by atoms with Crippen LogP contribution in [0.1, 0.15) is 12.5 Å². The summed E-state index contributed by atoms with van der Waals surface area (Å²) in [5, 5.41) is 0. The van der Waals surface area contributed by atoms with Crippen LogP contribution in [0.4, 0.5) is 0 Å². The molecule has 1 atom stereocenters. The summed E-state index contributed by atoms with van der Waals surface area (Å²) >= 11 is 0. The van der Waals surface area contributed by atoms with Crippen molar-refractivity contribution in [2.45, 2.75) is 19.4 Å². The second-order valence-electron chi connectivity index (χ2n) is 2.66. The molecule has 0 spiro atoms. The van der Waals surface area contributed by atoms with Crippen molar-refractivity contribution in [3.63, 3.8) is 0 Å². The van der Waals surface area contributed by atoms with Gasteiger partial charge in [-0.2, -0.15) is 0 Å². The molecule has 1 unspecified atom stereocenters. The van der Waals surface area contributed by atoms with Gasteiger partial charge in [-0.3, -0.25) is 4.98 Å². The molecule has 54 valence electrons. The van der Waals surface area contributed by atoms with Crippen LogP contribution < -0.4 is 5.73 Å². The van der Waals surface area contributed by atoms with Crippen LogP contribution in [-0.2, 0) is 6.42 Å². The van der Waals surface area contributed by atoms with Gasteiger partial charge in [0.05, 0.1) is 6.04 Å². The van der Waals surface area contributed by atoms with E-state index in [4.69, 9.17) is 0 Å². The van der Waals surface area contributed by atoms with Crippen molar-refractivity contribution in [2.75, 3.05) is 0 Å². The fraction of sp³-hybridized carbons (Fsp3) is 0.375. The number of pyridine rings is 1. The van der Waals surface area contributed by atoms with E-state index < -0.39 is 0 Å². The van der Waals surface area contributed by atoms with Gasteiger partial charge in [0, 0.05) is 18.8 Å². The molecule has 1 rings (SSSR count). The van der Waals surface area contributed by atoms with Gasteiger partial charge in [0.25, 0.3) is 0 Å². The molecule has 0 bridgehead atoms. The van der Waals surface area contributed by atoms with E-state index in [0.29, 0.717) is 6.04 Å². The number of rotatable bonds is 2. The van der Waals surface area contributed by atoms with Crippen LogP contribution in [0, 0.1) is 0 Å². The molecular weight excluding hydrogens is 124 g/mol. The predicted octanol–water partition coefficient (Wildman–Crippen LogP) is 0.254. The van der Waals surface area contributed by atoms with Crippen molar-refractivity contribution in [2.24, 2.45) is 0 Å². The van der Waals surface area contributed by atoms with E-state index in [0.717, 1.165) is 6.42 Å². The summed E-state index contributed by atoms with van der Waals surface area (Å²) < 4.78 is 0. The minimum absolute atomic E-state index is 0.488. The van der Waals surface area contributed by atoms with E-state index in [-0.39, 0.29) is 0 Å². The summed E-state index contributed by atoms with van der Waals surface area (Å²) in [6, 6.07) is 4.55. The van der Waals surface area contributed by atoms with E-state index >= 15 is 0 Å². The molecule has 1 heterocycles. The van der Waals surface area contributed by atoms with Crippen LogP contribution in [0.3, 0.4) is 0 Å². The molecule has 0 radical (unpaired) electrons. The minimum Gasteiger partial charge on any atom is -0.355 e. The zero-order chi connectivity index (χ0) is 7.40. The lowest BCUT2D eigenvalue weighted by atomic mass is 10.1. The first-order valence-electron chi connectivity index (χ1n) is 3.51. The highest BCUT2D eigenvalue weighted by Crippen LogP contribution is 1.97. The molecule has 1 aromatic heterocycles. The van der Waals surface area contributed by atoms with E-state index in [9.17, 15) is 0 Å². The maximum Gasteiger partial charge on any atom is 0.0855 e. The molecule has 2 heteroatoms. The topological polar surface area (TPSA) is 40.5 Å². The third kappa shape index (κ3) is 2.15. The Bertz CT molecular complexity index is 182. The van der Waals surface area contributed by atoms with Gasteiger partial charge >= 0.3 is 0 Å². The fourth-order valence-electron chi connectivity index (χ4n) is 0.921. The monoisotopic (exact) mass is 137 g/mol. The van der Waals surface area contributed by atoms with Crippen molar-refractivity contribution in [1.29, 1.82) is 0 Å². The molecule has 1 aromatic rings. The molecule has 0 saturated heterocycles. The molecule has 3 N–H and O–H groups in total. The fourth-order valence-corrected chi connectivity index (χ4v) is 0.921. The van der Waals surface area contributed by atoms with E-state index in [1.165, 1.54) is 5.56 Å². The quantitative estimate of drug-likeness (QED) is 0.624. The van der Waals surface area contributed by atoms with E-state index in [1.807, 2.05) is 24.5 Å². The highest BCUT2D eigenvalue weighted by molar-refractivity contribution is 5.10. The predicted molar refractivity (Wildman–Crippen MR) is 40.3 cm³/mol. The Hall–Kier alpha value is -0.890. The largest absolute Gasteiger partial charge is 0.355 e. The molecular formula is C8H13N2+. The number of aromatic nitrogens is 1. The highest BCUT2D eigenvalue weighted by atomic mass is 14.6. The first-order valence-corrected chi connectivity index (χ1v) is 3.51. The van der Waals surface area contributed by atoms with Gasteiger partial charge in [-0.15, -0.1) is 0 Å². The Morgan fingerprint density at radius 3 is 2.60 bits per heavy atom. The summed E-state index contributed by atoms with van der Waals surface area (Å²) in [7, 11) is 0. The second-order valence-corrected chi connectivity index (χ2v) is 2.66. The lowest BCUT2D eigenvalue weighted by molar-refractivity contribution is -0.413. The highest BCUT2D eigenvalue weighted by Gasteiger charge is 1.97. The molecule has 0 saturated carbocycles. The molecule has 0 amide bonds. The first-order chi connectivity index (χ1) is 4.79. The van der Waals surface area contributed by atoms with Crippen molar-refractivity contribution in [1.82, 2.24) is 4.98 Å². The number of hydrogen-bond donors (Lipinski definition) is 1. The van der Waals surface area contributed by atoms with Gasteiger partial charge < -0.3 is 5.73 Å². The zero-order valence-corrected chi connectivity index (χ0v) is 6.25. The smallest absolute Gasteiger partial charge is 0.0855 e. The lowest BCUT2D eigenvalue weighted by Gasteiger charge is -1.99. The van der Waals surface area contributed by atoms with Gasteiger partial charge in [0.2, 0.25) is 0 Å². The molecule has 0 aromatic carbocycles. The Morgan fingerprint density at radius 2 is 2.10 bits per heavy atom. The molecule has 0 aliphatic carbocycles. The van der Waals surface area contributed by atoms with Gasteiger partial charge in [-0.25, -0.2) is 0 Å². The average molecular weight is 137 g/mol. The van der Waals surface area contributed by atoms with Crippen LogP contribution in [0.2, 0.25) is 0 Å². The summed E-state index contributed by atoms with van der Waals surface area (Å²) in [6.45, 7) is 2.11. The molecule has 0 aliphatic rings. The Kier molecular flexibility index (Phi) is 2.40. The average Bonchev–Trinajstić information content (AvgIpc) is 1.88. The Morgan fingerprint density at radius 1 is 1.50 bits per heavy atom. The summed E-state index contributed by atoms with van der Waals surface area (Å²) in [5.41, 5.74) is 5.23. The van der Waals surface area contributed by atoms with Crippen LogP contribution in [-0.4, -0.2) is 11.0 Å². The van der Waals surface area contributed by atoms with Crippen LogP contribution in [0.15, 0.2) is 24.5 Å². The minimum atomic E-state index is 0.488. The van der Waals surface area contributed by atoms with Crippen LogP contribution >= 0.6 is 0 Å². The molecule has 2 nitrogen and oxygen atoms in total.